The van der Waals surface area contributed by atoms with Gasteiger partial charge in [-0.25, -0.2) is 4.98 Å². The minimum atomic E-state index is -4.54. The summed E-state index contributed by atoms with van der Waals surface area (Å²) in [5, 5.41) is 0. The zero-order chi connectivity index (χ0) is 20.4. The number of furan rings is 1. The quantitative estimate of drug-likeness (QED) is 0.777. The van der Waals surface area contributed by atoms with Crippen molar-refractivity contribution in [2.24, 2.45) is 0 Å². The molecule has 2 aliphatic rings. The Kier molecular flexibility index (Phi) is 5.33. The van der Waals surface area contributed by atoms with E-state index < -0.39 is 11.9 Å². The highest BCUT2D eigenvalue weighted by Gasteiger charge is 2.35. The summed E-state index contributed by atoms with van der Waals surface area (Å²) in [6.07, 6.45) is -0.641. The van der Waals surface area contributed by atoms with E-state index in [-0.39, 0.29) is 23.4 Å². The van der Waals surface area contributed by atoms with E-state index in [0.29, 0.717) is 45.7 Å². The lowest BCUT2D eigenvalue weighted by Gasteiger charge is -2.25. The number of halogens is 3. The molecular formula is C19H22F3N5O2. The van der Waals surface area contributed by atoms with Gasteiger partial charge in [-0.2, -0.15) is 18.2 Å². The van der Waals surface area contributed by atoms with E-state index in [4.69, 9.17) is 4.42 Å². The first-order valence-corrected chi connectivity index (χ1v) is 9.71. The molecule has 10 heteroatoms. The van der Waals surface area contributed by atoms with Crippen molar-refractivity contribution >= 4 is 17.7 Å². The molecule has 0 atom stereocenters. The minimum Gasteiger partial charge on any atom is -0.459 e. The normalized spacial score (nSPS) is 18.2. The zero-order valence-electron chi connectivity index (χ0n) is 15.9. The third-order valence-electron chi connectivity index (χ3n) is 5.22. The number of nitrogens with zero attached hydrogens (tertiary/aromatic N) is 5. The molecule has 0 spiro atoms. The molecule has 0 bridgehead atoms. The fraction of sp³-hybridized carbons (Fsp3) is 0.526. The topological polar surface area (TPSA) is 65.7 Å². The minimum absolute atomic E-state index is 0.125. The molecule has 2 aromatic rings. The maximum absolute atomic E-state index is 13.4. The molecule has 0 unspecified atom stereocenters. The SMILES string of the molecule is O=C(c1ccco1)N1CCCN(c2cc(C(F)(F)F)nc(N3CCCC3)n2)CC1. The summed E-state index contributed by atoms with van der Waals surface area (Å²) in [6.45, 7) is 3.10. The Bertz CT molecular complexity index is 850. The first-order valence-electron chi connectivity index (χ1n) is 9.71. The van der Waals surface area contributed by atoms with Crippen molar-refractivity contribution in [3.05, 3.63) is 35.9 Å². The molecule has 0 aromatic carbocycles. The van der Waals surface area contributed by atoms with Gasteiger partial charge in [-0.05, 0) is 31.4 Å². The van der Waals surface area contributed by atoms with Crippen LogP contribution in [0.25, 0.3) is 0 Å². The number of amides is 1. The van der Waals surface area contributed by atoms with Crippen LogP contribution in [0.15, 0.2) is 28.9 Å². The Balaban J connectivity index is 1.55. The van der Waals surface area contributed by atoms with Crippen molar-refractivity contribution < 1.29 is 22.4 Å². The molecule has 1 amide bonds. The molecule has 0 radical (unpaired) electrons. The Morgan fingerprint density at radius 3 is 2.41 bits per heavy atom. The van der Waals surface area contributed by atoms with Crippen LogP contribution >= 0.6 is 0 Å². The molecule has 2 saturated heterocycles. The lowest BCUT2D eigenvalue weighted by atomic mass is 10.3. The van der Waals surface area contributed by atoms with Gasteiger partial charge in [-0.15, -0.1) is 0 Å². The van der Waals surface area contributed by atoms with Gasteiger partial charge in [0.25, 0.3) is 5.91 Å². The average molecular weight is 409 g/mol. The van der Waals surface area contributed by atoms with Gasteiger partial charge in [0.1, 0.15) is 5.82 Å². The third-order valence-corrected chi connectivity index (χ3v) is 5.22. The number of aromatic nitrogens is 2. The van der Waals surface area contributed by atoms with Gasteiger partial charge in [0.2, 0.25) is 5.95 Å². The van der Waals surface area contributed by atoms with Gasteiger partial charge < -0.3 is 19.1 Å². The van der Waals surface area contributed by atoms with Crippen LogP contribution in [0.3, 0.4) is 0 Å². The summed E-state index contributed by atoms with van der Waals surface area (Å²) in [5.74, 6) is 0.422. The van der Waals surface area contributed by atoms with Crippen molar-refractivity contribution in [1.82, 2.24) is 14.9 Å². The van der Waals surface area contributed by atoms with Crippen LogP contribution in [-0.4, -0.2) is 60.0 Å². The molecule has 0 aliphatic carbocycles. The van der Waals surface area contributed by atoms with E-state index in [1.807, 2.05) is 0 Å². The monoisotopic (exact) mass is 409 g/mol. The first kappa shape index (κ1) is 19.5. The summed E-state index contributed by atoms with van der Waals surface area (Å²) < 4.78 is 45.4. The fourth-order valence-electron chi connectivity index (χ4n) is 3.69. The van der Waals surface area contributed by atoms with Crippen LogP contribution in [0.4, 0.5) is 24.9 Å². The number of anilines is 2. The van der Waals surface area contributed by atoms with Crippen molar-refractivity contribution in [3.63, 3.8) is 0 Å². The smallest absolute Gasteiger partial charge is 0.433 e. The van der Waals surface area contributed by atoms with Crippen LogP contribution in [0.1, 0.15) is 35.5 Å². The Morgan fingerprint density at radius 1 is 0.966 bits per heavy atom. The zero-order valence-corrected chi connectivity index (χ0v) is 15.9. The Labute approximate surface area is 166 Å². The van der Waals surface area contributed by atoms with Gasteiger partial charge in [0, 0.05) is 45.3 Å². The molecular weight excluding hydrogens is 387 g/mol. The molecule has 29 heavy (non-hydrogen) atoms. The largest absolute Gasteiger partial charge is 0.459 e. The molecule has 0 N–H and O–H groups in total. The van der Waals surface area contributed by atoms with E-state index in [9.17, 15) is 18.0 Å². The van der Waals surface area contributed by atoms with Gasteiger partial charge in [-0.1, -0.05) is 0 Å². The van der Waals surface area contributed by atoms with Gasteiger partial charge in [0.05, 0.1) is 6.26 Å². The van der Waals surface area contributed by atoms with E-state index >= 15 is 0 Å². The predicted molar refractivity (Wildman–Crippen MR) is 99.9 cm³/mol. The lowest BCUT2D eigenvalue weighted by molar-refractivity contribution is -0.141. The molecule has 7 nitrogen and oxygen atoms in total. The molecule has 4 heterocycles. The van der Waals surface area contributed by atoms with E-state index in [1.54, 1.807) is 26.8 Å². The van der Waals surface area contributed by atoms with Crippen LogP contribution in [-0.2, 0) is 6.18 Å². The molecule has 2 fully saturated rings. The number of carbonyl (C=O) groups excluding carboxylic acids is 1. The highest BCUT2D eigenvalue weighted by molar-refractivity contribution is 5.91. The average Bonchev–Trinajstić information content (AvgIpc) is 3.37. The van der Waals surface area contributed by atoms with E-state index in [1.165, 1.54) is 6.26 Å². The van der Waals surface area contributed by atoms with Gasteiger partial charge >= 0.3 is 6.18 Å². The van der Waals surface area contributed by atoms with Crippen molar-refractivity contribution in [1.29, 1.82) is 0 Å². The Morgan fingerprint density at radius 2 is 1.72 bits per heavy atom. The highest BCUT2D eigenvalue weighted by Crippen LogP contribution is 2.32. The molecule has 2 aromatic heterocycles. The molecule has 0 saturated carbocycles. The second-order valence-corrected chi connectivity index (χ2v) is 7.21. The van der Waals surface area contributed by atoms with Gasteiger partial charge in [-0.3, -0.25) is 4.79 Å². The Hall–Kier alpha value is -2.78. The number of hydrogen-bond acceptors (Lipinski definition) is 6. The summed E-state index contributed by atoms with van der Waals surface area (Å²) in [6, 6.07) is 4.26. The second-order valence-electron chi connectivity index (χ2n) is 7.21. The molecule has 156 valence electrons. The summed E-state index contributed by atoms with van der Waals surface area (Å²) >= 11 is 0. The van der Waals surface area contributed by atoms with Crippen molar-refractivity contribution in [2.45, 2.75) is 25.4 Å². The first-order chi connectivity index (χ1) is 13.9. The van der Waals surface area contributed by atoms with Crippen molar-refractivity contribution in [3.8, 4) is 0 Å². The summed E-state index contributed by atoms with van der Waals surface area (Å²) in [7, 11) is 0. The molecule has 4 rings (SSSR count). The van der Waals surface area contributed by atoms with Gasteiger partial charge in [0.15, 0.2) is 11.5 Å². The van der Waals surface area contributed by atoms with Crippen LogP contribution in [0.2, 0.25) is 0 Å². The van der Waals surface area contributed by atoms with Crippen LogP contribution in [0.5, 0.6) is 0 Å². The second kappa shape index (κ2) is 7.92. The van der Waals surface area contributed by atoms with Crippen molar-refractivity contribution in [2.75, 3.05) is 49.1 Å². The van der Waals surface area contributed by atoms with Crippen LogP contribution < -0.4 is 9.80 Å². The maximum Gasteiger partial charge on any atom is 0.433 e. The number of rotatable bonds is 3. The number of carbonyl (C=O) groups is 1. The third kappa shape index (κ3) is 4.30. The lowest BCUT2D eigenvalue weighted by Crippen LogP contribution is -2.35. The number of alkyl halides is 3. The predicted octanol–water partition coefficient (Wildman–Crippen LogP) is 3.04. The molecule has 2 aliphatic heterocycles. The maximum atomic E-state index is 13.4. The van der Waals surface area contributed by atoms with E-state index in [0.717, 1.165) is 18.9 Å². The van der Waals surface area contributed by atoms with E-state index in [2.05, 4.69) is 9.97 Å². The standard InChI is InChI=1S/C19H22F3N5O2/c20-19(21,22)15-13-16(24-18(23-15)27-6-1-2-7-27)25-8-4-9-26(11-10-25)17(28)14-5-3-12-29-14/h3,5,12-13H,1-2,4,6-11H2. The fourth-order valence-corrected chi connectivity index (χ4v) is 3.69. The summed E-state index contributed by atoms with van der Waals surface area (Å²) in [4.78, 5) is 26.0. The summed E-state index contributed by atoms with van der Waals surface area (Å²) in [5.41, 5.74) is -0.933. The highest BCUT2D eigenvalue weighted by atomic mass is 19.4. The van der Waals surface area contributed by atoms with Crippen LogP contribution in [0, 0.1) is 0 Å². The number of hydrogen-bond donors (Lipinski definition) is 0.